The molecule has 0 unspecified atom stereocenters. The fourth-order valence-electron chi connectivity index (χ4n) is 3.31. The molecule has 3 aromatic heterocycles. The fourth-order valence-corrected chi connectivity index (χ4v) is 4.43. The molecule has 1 aliphatic rings. The van der Waals surface area contributed by atoms with Crippen LogP contribution in [0.25, 0.3) is 10.4 Å². The van der Waals surface area contributed by atoms with E-state index in [1.165, 1.54) is 6.26 Å². The number of aryl methyl sites for hydroxylation is 3. The van der Waals surface area contributed by atoms with Gasteiger partial charge < -0.3 is 19.5 Å². The van der Waals surface area contributed by atoms with Gasteiger partial charge in [-0.25, -0.2) is 4.98 Å². The molecule has 0 radical (unpaired) electrons. The summed E-state index contributed by atoms with van der Waals surface area (Å²) < 4.78 is 10.3. The third-order valence-electron chi connectivity index (χ3n) is 4.72. The van der Waals surface area contributed by atoms with E-state index in [0.29, 0.717) is 31.0 Å². The van der Waals surface area contributed by atoms with Crippen LogP contribution in [0.2, 0.25) is 0 Å². The molecule has 3 aromatic rings. The number of ether oxygens (including phenoxy) is 1. The number of hydrogen-bond acceptors (Lipinski definition) is 8. The van der Waals surface area contributed by atoms with E-state index in [9.17, 15) is 4.79 Å². The van der Waals surface area contributed by atoms with Crippen LogP contribution in [0.4, 0.5) is 5.13 Å². The van der Waals surface area contributed by atoms with Crippen molar-refractivity contribution in [2.24, 2.45) is 0 Å². The van der Waals surface area contributed by atoms with Gasteiger partial charge in [-0.2, -0.15) is 0 Å². The molecular weight excluding hydrogens is 390 g/mol. The van der Waals surface area contributed by atoms with E-state index in [1.54, 1.807) is 18.3 Å². The monoisotopic (exact) mass is 413 g/mol. The van der Waals surface area contributed by atoms with Gasteiger partial charge in [0.05, 0.1) is 36.0 Å². The molecule has 0 aliphatic carbocycles. The van der Waals surface area contributed by atoms with Crippen LogP contribution < -0.4 is 10.2 Å². The Labute approximate surface area is 172 Å². The van der Waals surface area contributed by atoms with E-state index in [-0.39, 0.29) is 5.91 Å². The highest BCUT2D eigenvalue weighted by atomic mass is 32.1. The number of morpholine rings is 1. The molecule has 8 nitrogen and oxygen atoms in total. The van der Waals surface area contributed by atoms with Gasteiger partial charge >= 0.3 is 0 Å². The predicted molar refractivity (Wildman–Crippen MR) is 110 cm³/mol. The minimum absolute atomic E-state index is 0.224. The lowest BCUT2D eigenvalue weighted by Gasteiger charge is -2.26. The Kier molecular flexibility index (Phi) is 5.59. The summed E-state index contributed by atoms with van der Waals surface area (Å²) in [6.07, 6.45) is 1.36. The Bertz CT molecular complexity index is 1000. The third kappa shape index (κ3) is 4.30. The highest BCUT2D eigenvalue weighted by Crippen LogP contribution is 2.36. The van der Waals surface area contributed by atoms with Gasteiger partial charge in [0.2, 0.25) is 0 Å². The zero-order valence-electron chi connectivity index (χ0n) is 16.7. The summed E-state index contributed by atoms with van der Waals surface area (Å²) in [5.41, 5.74) is 4.82. The minimum Gasteiger partial charge on any atom is -0.378 e. The smallest absolute Gasteiger partial charge is 0.256 e. The summed E-state index contributed by atoms with van der Waals surface area (Å²) in [4.78, 5) is 25.1. The van der Waals surface area contributed by atoms with Gasteiger partial charge in [-0.15, -0.1) is 0 Å². The average Bonchev–Trinajstić information content (AvgIpc) is 3.32. The van der Waals surface area contributed by atoms with Crippen LogP contribution in [-0.4, -0.2) is 47.3 Å². The van der Waals surface area contributed by atoms with E-state index in [0.717, 1.165) is 45.7 Å². The number of amides is 1. The number of pyridine rings is 1. The predicted octanol–water partition coefficient (Wildman–Crippen LogP) is 2.88. The summed E-state index contributed by atoms with van der Waals surface area (Å²) in [5, 5.41) is 7.66. The number of nitrogens with zero attached hydrogens (tertiary/aromatic N) is 4. The van der Waals surface area contributed by atoms with Gasteiger partial charge in [0.1, 0.15) is 11.8 Å². The SMILES string of the molecule is Cc1cc(-c2sc(N3CCOCC3)nc2CNC(=O)c2conc2C)cc(C)n1. The molecule has 1 saturated heterocycles. The van der Waals surface area contributed by atoms with E-state index in [1.807, 2.05) is 13.8 Å². The summed E-state index contributed by atoms with van der Waals surface area (Å²) in [5.74, 6) is -0.224. The Morgan fingerprint density at radius 1 is 1.17 bits per heavy atom. The van der Waals surface area contributed by atoms with Crippen molar-refractivity contribution in [3.63, 3.8) is 0 Å². The molecule has 1 amide bonds. The molecule has 0 aromatic carbocycles. The minimum atomic E-state index is -0.224. The van der Waals surface area contributed by atoms with Crippen LogP contribution in [0.15, 0.2) is 22.9 Å². The number of aromatic nitrogens is 3. The second-order valence-corrected chi connectivity index (χ2v) is 7.98. The van der Waals surface area contributed by atoms with Crippen molar-refractivity contribution in [1.82, 2.24) is 20.4 Å². The molecule has 9 heteroatoms. The Balaban J connectivity index is 1.64. The maximum atomic E-state index is 12.5. The molecule has 1 fully saturated rings. The lowest BCUT2D eigenvalue weighted by molar-refractivity contribution is 0.0949. The number of hydrogen-bond donors (Lipinski definition) is 1. The number of anilines is 1. The van der Waals surface area contributed by atoms with Gasteiger partial charge in [0.15, 0.2) is 5.13 Å². The van der Waals surface area contributed by atoms with Crippen LogP contribution in [0.1, 0.15) is 33.1 Å². The maximum absolute atomic E-state index is 12.5. The van der Waals surface area contributed by atoms with E-state index in [2.05, 4.69) is 32.5 Å². The zero-order valence-corrected chi connectivity index (χ0v) is 17.5. The third-order valence-corrected chi connectivity index (χ3v) is 5.93. The molecule has 152 valence electrons. The van der Waals surface area contributed by atoms with Crippen molar-refractivity contribution in [3.8, 4) is 10.4 Å². The standard InChI is InChI=1S/C20H23N5O3S/c1-12-8-15(9-13(2)22-12)18-17(10-21-19(26)16-11-28-24-14(16)3)23-20(29-18)25-4-6-27-7-5-25/h8-9,11H,4-7,10H2,1-3H3,(H,21,26). The molecule has 0 saturated carbocycles. The second-order valence-electron chi connectivity index (χ2n) is 7.01. The molecule has 4 rings (SSSR count). The lowest BCUT2D eigenvalue weighted by Crippen LogP contribution is -2.36. The van der Waals surface area contributed by atoms with Crippen LogP contribution >= 0.6 is 11.3 Å². The second kappa shape index (κ2) is 8.30. The van der Waals surface area contributed by atoms with E-state index >= 15 is 0 Å². The molecule has 29 heavy (non-hydrogen) atoms. The molecule has 4 heterocycles. The number of nitrogens with one attached hydrogen (secondary N) is 1. The van der Waals surface area contributed by atoms with Crippen LogP contribution in [-0.2, 0) is 11.3 Å². The first-order valence-electron chi connectivity index (χ1n) is 9.48. The molecule has 1 N–H and O–H groups in total. The first-order chi connectivity index (χ1) is 14.0. The van der Waals surface area contributed by atoms with E-state index < -0.39 is 0 Å². The van der Waals surface area contributed by atoms with Gasteiger partial charge in [0, 0.05) is 24.5 Å². The molecule has 0 bridgehead atoms. The lowest BCUT2D eigenvalue weighted by atomic mass is 10.1. The zero-order chi connectivity index (χ0) is 20.4. The van der Waals surface area contributed by atoms with Gasteiger partial charge in [0.25, 0.3) is 5.91 Å². The van der Waals surface area contributed by atoms with Crippen molar-refractivity contribution in [2.75, 3.05) is 31.2 Å². The normalized spacial score (nSPS) is 14.2. The first kappa shape index (κ1) is 19.5. The van der Waals surface area contributed by atoms with Gasteiger partial charge in [-0.3, -0.25) is 9.78 Å². The van der Waals surface area contributed by atoms with Crippen molar-refractivity contribution < 1.29 is 14.1 Å². The summed E-state index contributed by atoms with van der Waals surface area (Å²) >= 11 is 1.64. The van der Waals surface area contributed by atoms with Crippen molar-refractivity contribution in [3.05, 3.63) is 46.7 Å². The average molecular weight is 414 g/mol. The fraction of sp³-hybridized carbons (Fsp3) is 0.400. The highest BCUT2D eigenvalue weighted by molar-refractivity contribution is 7.19. The number of carbonyl (C=O) groups excluding carboxylic acids is 1. The highest BCUT2D eigenvalue weighted by Gasteiger charge is 2.21. The molecular formula is C20H23N5O3S. The van der Waals surface area contributed by atoms with Crippen molar-refractivity contribution in [1.29, 1.82) is 0 Å². The topological polar surface area (TPSA) is 93.4 Å². The summed E-state index contributed by atoms with van der Waals surface area (Å²) in [6, 6.07) is 4.11. The Hall–Kier alpha value is -2.78. The number of thiazole rings is 1. The van der Waals surface area contributed by atoms with Crippen molar-refractivity contribution >= 4 is 22.4 Å². The van der Waals surface area contributed by atoms with Crippen LogP contribution in [0.5, 0.6) is 0 Å². The molecule has 0 atom stereocenters. The van der Waals surface area contributed by atoms with Crippen LogP contribution in [0.3, 0.4) is 0 Å². The maximum Gasteiger partial charge on any atom is 0.256 e. The quantitative estimate of drug-likeness (QED) is 0.687. The Morgan fingerprint density at radius 3 is 2.55 bits per heavy atom. The number of carbonyl (C=O) groups is 1. The van der Waals surface area contributed by atoms with Crippen molar-refractivity contribution in [2.45, 2.75) is 27.3 Å². The van der Waals surface area contributed by atoms with Gasteiger partial charge in [-0.1, -0.05) is 16.5 Å². The Morgan fingerprint density at radius 2 is 1.90 bits per heavy atom. The molecule has 0 spiro atoms. The summed E-state index contributed by atoms with van der Waals surface area (Å²) in [6.45, 7) is 9.04. The van der Waals surface area contributed by atoms with Gasteiger partial charge in [-0.05, 0) is 38.5 Å². The first-order valence-corrected chi connectivity index (χ1v) is 10.3. The van der Waals surface area contributed by atoms with E-state index in [4.69, 9.17) is 14.2 Å². The molecule has 1 aliphatic heterocycles. The number of rotatable bonds is 5. The summed E-state index contributed by atoms with van der Waals surface area (Å²) in [7, 11) is 0. The largest absolute Gasteiger partial charge is 0.378 e. The van der Waals surface area contributed by atoms with Crippen LogP contribution in [0, 0.1) is 20.8 Å².